The van der Waals surface area contributed by atoms with Crippen molar-refractivity contribution in [3.8, 4) is 0 Å². The van der Waals surface area contributed by atoms with Crippen LogP contribution in [-0.4, -0.2) is 33.0 Å². The molecule has 0 saturated heterocycles. The molecule has 128 valence electrons. The lowest BCUT2D eigenvalue weighted by Gasteiger charge is -2.29. The van der Waals surface area contributed by atoms with Crippen molar-refractivity contribution in [2.24, 2.45) is 11.7 Å². The minimum atomic E-state index is -3.75. The molecule has 1 aliphatic rings. The second kappa shape index (κ2) is 6.94. The topological polar surface area (TPSA) is 101 Å². The van der Waals surface area contributed by atoms with E-state index in [-0.39, 0.29) is 23.8 Å². The number of carbonyl (C=O) groups is 1. The van der Waals surface area contributed by atoms with Crippen LogP contribution in [0.25, 0.3) is 0 Å². The summed E-state index contributed by atoms with van der Waals surface area (Å²) in [4.78, 5) is 11.9. The van der Waals surface area contributed by atoms with E-state index in [2.05, 4.69) is 10.0 Å². The highest BCUT2D eigenvalue weighted by Crippen LogP contribution is 2.38. The average Bonchev–Trinajstić information content (AvgIpc) is 3.32. The third-order valence-electron chi connectivity index (χ3n) is 4.10. The van der Waals surface area contributed by atoms with Crippen molar-refractivity contribution in [2.75, 3.05) is 13.1 Å². The maximum absolute atomic E-state index is 12.8. The fourth-order valence-corrected chi connectivity index (χ4v) is 3.45. The maximum atomic E-state index is 12.8. The van der Waals surface area contributed by atoms with Gasteiger partial charge in [-0.3, -0.25) is 4.79 Å². The molecule has 0 spiro atoms. The monoisotopic (exact) mass is 343 g/mol. The normalized spacial score (nSPS) is 17.5. The van der Waals surface area contributed by atoms with Crippen molar-refractivity contribution >= 4 is 15.9 Å². The van der Waals surface area contributed by atoms with Crippen LogP contribution in [0.15, 0.2) is 29.2 Å². The Bertz CT molecular complexity index is 659. The molecule has 4 N–H and O–H groups in total. The van der Waals surface area contributed by atoms with Gasteiger partial charge in [0, 0.05) is 19.5 Å². The van der Waals surface area contributed by atoms with Gasteiger partial charge in [0.15, 0.2) is 0 Å². The van der Waals surface area contributed by atoms with Gasteiger partial charge in [-0.05, 0) is 49.9 Å². The smallest absolute Gasteiger partial charge is 0.240 e. The van der Waals surface area contributed by atoms with Crippen molar-refractivity contribution in [2.45, 2.75) is 36.6 Å². The zero-order chi connectivity index (χ0) is 17.1. The minimum Gasteiger partial charge on any atom is -0.349 e. The van der Waals surface area contributed by atoms with Crippen LogP contribution < -0.4 is 15.8 Å². The minimum absolute atomic E-state index is 0.0166. The van der Waals surface area contributed by atoms with Crippen molar-refractivity contribution in [1.29, 1.82) is 0 Å². The van der Waals surface area contributed by atoms with E-state index in [1.54, 1.807) is 0 Å². The van der Waals surface area contributed by atoms with E-state index in [0.29, 0.717) is 12.5 Å². The van der Waals surface area contributed by atoms with Crippen LogP contribution in [0.1, 0.15) is 26.2 Å². The molecule has 1 saturated carbocycles. The first-order valence-corrected chi connectivity index (χ1v) is 9.01. The number of nitrogens with one attached hydrogen (secondary N) is 2. The highest BCUT2D eigenvalue weighted by Gasteiger charge is 2.41. The Hall–Kier alpha value is -1.51. The predicted molar refractivity (Wildman–Crippen MR) is 84.5 cm³/mol. The molecule has 1 fully saturated rings. The van der Waals surface area contributed by atoms with E-state index in [1.807, 2.05) is 6.92 Å². The van der Waals surface area contributed by atoms with E-state index in [0.717, 1.165) is 25.0 Å². The fraction of sp³-hybridized carbons (Fsp3) is 0.533. The molecule has 6 nitrogen and oxygen atoms in total. The number of halogens is 1. The van der Waals surface area contributed by atoms with E-state index in [4.69, 9.17) is 5.73 Å². The van der Waals surface area contributed by atoms with Gasteiger partial charge in [0.25, 0.3) is 0 Å². The average molecular weight is 343 g/mol. The van der Waals surface area contributed by atoms with Gasteiger partial charge in [0.2, 0.25) is 15.9 Å². The number of sulfonamides is 1. The zero-order valence-electron chi connectivity index (χ0n) is 13.0. The van der Waals surface area contributed by atoms with Crippen LogP contribution in [-0.2, 0) is 14.8 Å². The van der Waals surface area contributed by atoms with Gasteiger partial charge < -0.3 is 11.1 Å². The van der Waals surface area contributed by atoms with Gasteiger partial charge in [0.1, 0.15) is 5.82 Å². The van der Waals surface area contributed by atoms with Crippen molar-refractivity contribution in [3.05, 3.63) is 30.1 Å². The van der Waals surface area contributed by atoms with Crippen LogP contribution >= 0.6 is 0 Å². The zero-order valence-corrected chi connectivity index (χ0v) is 13.8. The number of nitrogens with two attached hydrogens (primary N) is 1. The Labute approximate surface area is 135 Å². The molecule has 1 unspecified atom stereocenters. The van der Waals surface area contributed by atoms with Crippen LogP contribution in [0.5, 0.6) is 0 Å². The van der Waals surface area contributed by atoms with E-state index >= 15 is 0 Å². The molecule has 0 radical (unpaired) electrons. The summed E-state index contributed by atoms with van der Waals surface area (Å²) < 4.78 is 39.1. The molecule has 1 aliphatic carbocycles. The molecular weight excluding hydrogens is 321 g/mol. The molecule has 0 aliphatic heterocycles. The van der Waals surface area contributed by atoms with Crippen molar-refractivity contribution in [1.82, 2.24) is 10.0 Å². The molecule has 8 heteroatoms. The van der Waals surface area contributed by atoms with Crippen LogP contribution in [0.4, 0.5) is 4.39 Å². The SMILES string of the molecule is CC(CN)(NC(=O)CCNS(=O)(=O)c1ccc(F)cc1)C1CC1. The summed E-state index contributed by atoms with van der Waals surface area (Å²) in [7, 11) is -3.75. The largest absolute Gasteiger partial charge is 0.349 e. The second-order valence-corrected chi connectivity index (χ2v) is 7.81. The fourth-order valence-electron chi connectivity index (χ4n) is 2.42. The molecule has 1 aromatic carbocycles. The first kappa shape index (κ1) is 17.8. The number of rotatable bonds is 8. The summed E-state index contributed by atoms with van der Waals surface area (Å²) in [6, 6.07) is 4.50. The van der Waals surface area contributed by atoms with E-state index in [9.17, 15) is 17.6 Å². The molecule has 0 heterocycles. The third-order valence-corrected chi connectivity index (χ3v) is 5.57. The molecule has 1 amide bonds. The number of benzene rings is 1. The quantitative estimate of drug-likeness (QED) is 0.648. The summed E-state index contributed by atoms with van der Waals surface area (Å²) in [5.41, 5.74) is 5.30. The van der Waals surface area contributed by atoms with Crippen LogP contribution in [0, 0.1) is 11.7 Å². The number of hydrogen-bond acceptors (Lipinski definition) is 4. The third kappa shape index (κ3) is 4.73. The predicted octanol–water partition coefficient (Wildman–Crippen LogP) is 0.738. The Morgan fingerprint density at radius 1 is 1.35 bits per heavy atom. The van der Waals surface area contributed by atoms with Gasteiger partial charge in [0.05, 0.1) is 10.4 Å². The molecule has 0 bridgehead atoms. The summed E-state index contributed by atoms with van der Waals surface area (Å²) in [5.74, 6) is -0.358. The van der Waals surface area contributed by atoms with Crippen LogP contribution in [0.2, 0.25) is 0 Å². The van der Waals surface area contributed by atoms with Gasteiger partial charge in [-0.1, -0.05) is 0 Å². The first-order chi connectivity index (χ1) is 10.8. The first-order valence-electron chi connectivity index (χ1n) is 7.53. The van der Waals surface area contributed by atoms with Gasteiger partial charge in [-0.2, -0.15) is 0 Å². The molecule has 23 heavy (non-hydrogen) atoms. The second-order valence-electron chi connectivity index (χ2n) is 6.05. The number of carbonyl (C=O) groups excluding carboxylic acids is 1. The highest BCUT2D eigenvalue weighted by atomic mass is 32.2. The summed E-state index contributed by atoms with van der Waals surface area (Å²) in [6.07, 6.45) is 2.11. The molecular formula is C15H22FN3O3S. The number of amides is 1. The van der Waals surface area contributed by atoms with E-state index in [1.165, 1.54) is 12.1 Å². The standard InChI is InChI=1S/C15H22FN3O3S/c1-15(10-17,11-2-3-11)19-14(20)8-9-18-23(21,22)13-6-4-12(16)5-7-13/h4-7,11,18H,2-3,8-10,17H2,1H3,(H,19,20). The van der Waals surface area contributed by atoms with Gasteiger partial charge in [-0.15, -0.1) is 0 Å². The molecule has 0 aromatic heterocycles. The molecule has 1 atom stereocenters. The number of hydrogen-bond donors (Lipinski definition) is 3. The molecule has 1 aromatic rings. The highest BCUT2D eigenvalue weighted by molar-refractivity contribution is 7.89. The molecule has 2 rings (SSSR count). The Balaban J connectivity index is 1.84. The lowest BCUT2D eigenvalue weighted by Crippen LogP contribution is -2.53. The van der Waals surface area contributed by atoms with Crippen molar-refractivity contribution < 1.29 is 17.6 Å². The Morgan fingerprint density at radius 3 is 2.48 bits per heavy atom. The van der Waals surface area contributed by atoms with Crippen LogP contribution in [0.3, 0.4) is 0 Å². The summed E-state index contributed by atoms with van der Waals surface area (Å²) in [6.45, 7) is 2.23. The summed E-state index contributed by atoms with van der Waals surface area (Å²) in [5, 5.41) is 2.89. The van der Waals surface area contributed by atoms with E-state index < -0.39 is 21.4 Å². The lowest BCUT2D eigenvalue weighted by molar-refractivity contribution is -0.122. The van der Waals surface area contributed by atoms with Crippen molar-refractivity contribution in [3.63, 3.8) is 0 Å². The Kier molecular flexibility index (Phi) is 5.38. The maximum Gasteiger partial charge on any atom is 0.240 e. The Morgan fingerprint density at radius 2 is 1.96 bits per heavy atom. The summed E-state index contributed by atoms with van der Waals surface area (Å²) >= 11 is 0. The lowest BCUT2D eigenvalue weighted by atomic mass is 9.96. The van der Waals surface area contributed by atoms with Gasteiger partial charge >= 0.3 is 0 Å². The van der Waals surface area contributed by atoms with Gasteiger partial charge in [-0.25, -0.2) is 17.5 Å².